The predicted molar refractivity (Wildman–Crippen MR) is 82.1 cm³/mol. The summed E-state index contributed by atoms with van der Waals surface area (Å²) >= 11 is 0. The van der Waals surface area contributed by atoms with Crippen LogP contribution in [0.4, 0.5) is 0 Å². The molecule has 116 valence electrons. The first-order valence-corrected chi connectivity index (χ1v) is 7.68. The van der Waals surface area contributed by atoms with Gasteiger partial charge in [-0.2, -0.15) is 0 Å². The lowest BCUT2D eigenvalue weighted by Gasteiger charge is -2.36. The number of aromatic nitrogens is 1. The van der Waals surface area contributed by atoms with Gasteiger partial charge in [0.25, 0.3) is 0 Å². The van der Waals surface area contributed by atoms with Crippen molar-refractivity contribution in [3.8, 4) is 5.88 Å². The third kappa shape index (κ3) is 3.94. The van der Waals surface area contributed by atoms with Crippen molar-refractivity contribution >= 4 is 5.91 Å². The van der Waals surface area contributed by atoms with Crippen LogP contribution < -0.4 is 15.4 Å². The molecule has 1 saturated heterocycles. The minimum atomic E-state index is -0.246. The Morgan fingerprint density at radius 2 is 2.43 bits per heavy atom. The largest absolute Gasteiger partial charge is 0.481 e. The number of carbonyl (C=O) groups is 1. The van der Waals surface area contributed by atoms with Gasteiger partial charge in [-0.1, -0.05) is 13.3 Å². The molecular weight excluding hydrogens is 266 g/mol. The molecule has 0 bridgehead atoms. The van der Waals surface area contributed by atoms with Gasteiger partial charge in [-0.15, -0.1) is 0 Å². The summed E-state index contributed by atoms with van der Waals surface area (Å²) in [5.74, 6) is 0.733. The van der Waals surface area contributed by atoms with E-state index >= 15 is 0 Å². The summed E-state index contributed by atoms with van der Waals surface area (Å²) in [5.41, 5.74) is 0.759. The first kappa shape index (κ1) is 15.8. The predicted octanol–water partition coefficient (Wildman–Crippen LogP) is 1.88. The number of piperidine rings is 1. The molecule has 0 saturated carbocycles. The van der Waals surface area contributed by atoms with E-state index in [0.29, 0.717) is 12.4 Å². The zero-order valence-corrected chi connectivity index (χ0v) is 12.9. The summed E-state index contributed by atoms with van der Waals surface area (Å²) in [6, 6.07) is 3.75. The van der Waals surface area contributed by atoms with Crippen LogP contribution in [0.2, 0.25) is 0 Å². The molecule has 0 aliphatic carbocycles. The molecule has 2 rings (SSSR count). The fourth-order valence-electron chi connectivity index (χ4n) is 3.01. The molecule has 1 fully saturated rings. The van der Waals surface area contributed by atoms with E-state index in [2.05, 4.69) is 22.5 Å². The van der Waals surface area contributed by atoms with Crippen molar-refractivity contribution in [2.75, 3.05) is 20.2 Å². The second-order valence-electron chi connectivity index (χ2n) is 5.70. The molecule has 1 amide bonds. The lowest BCUT2D eigenvalue weighted by molar-refractivity contribution is -0.132. The molecule has 1 unspecified atom stereocenters. The molecule has 21 heavy (non-hydrogen) atoms. The van der Waals surface area contributed by atoms with Gasteiger partial charge in [-0.25, -0.2) is 4.98 Å². The molecule has 2 heterocycles. The van der Waals surface area contributed by atoms with Gasteiger partial charge in [-0.05, 0) is 37.4 Å². The van der Waals surface area contributed by atoms with E-state index in [-0.39, 0.29) is 11.3 Å². The number of methoxy groups -OCH3 is 1. The van der Waals surface area contributed by atoms with Gasteiger partial charge >= 0.3 is 0 Å². The Kier molecular flexibility index (Phi) is 5.56. The normalized spacial score (nSPS) is 21.8. The molecular formula is C16H25N3O2. The van der Waals surface area contributed by atoms with E-state index in [9.17, 15) is 4.79 Å². The first-order valence-electron chi connectivity index (χ1n) is 7.68. The van der Waals surface area contributed by atoms with Crippen molar-refractivity contribution in [2.45, 2.75) is 39.2 Å². The maximum atomic E-state index is 12.6. The van der Waals surface area contributed by atoms with Gasteiger partial charge in [0, 0.05) is 25.4 Å². The van der Waals surface area contributed by atoms with Crippen molar-refractivity contribution < 1.29 is 9.53 Å². The minimum Gasteiger partial charge on any atom is -0.481 e. The van der Waals surface area contributed by atoms with Crippen molar-refractivity contribution in [2.24, 2.45) is 5.41 Å². The molecule has 5 heteroatoms. The van der Waals surface area contributed by atoms with Crippen LogP contribution in [-0.4, -0.2) is 31.1 Å². The molecule has 5 nitrogen and oxygen atoms in total. The monoisotopic (exact) mass is 291 g/mol. The Hall–Kier alpha value is -1.62. The molecule has 2 N–H and O–H groups in total. The average molecular weight is 291 g/mol. The summed E-state index contributed by atoms with van der Waals surface area (Å²) in [7, 11) is 1.59. The minimum absolute atomic E-state index is 0.160. The lowest BCUT2D eigenvalue weighted by Crippen LogP contribution is -2.50. The first-order chi connectivity index (χ1) is 10.2. The molecule has 0 spiro atoms. The number of hydrogen-bond donors (Lipinski definition) is 2. The van der Waals surface area contributed by atoms with Crippen LogP contribution in [0.15, 0.2) is 18.3 Å². The second-order valence-corrected chi connectivity index (χ2v) is 5.70. The standard InChI is InChI=1S/C16H25N3O2/c1-3-6-16(7-4-8-17-12-16)15(20)19-11-13-5-9-18-14(10-13)21-2/h5,9-10,17H,3-4,6-8,11-12H2,1-2H3,(H,19,20). The Morgan fingerprint density at radius 3 is 3.10 bits per heavy atom. The zero-order chi connectivity index (χ0) is 15.1. The summed E-state index contributed by atoms with van der Waals surface area (Å²) in [5, 5.41) is 6.45. The molecule has 1 aliphatic heterocycles. The topological polar surface area (TPSA) is 63.2 Å². The van der Waals surface area contributed by atoms with Crippen molar-refractivity contribution in [1.82, 2.24) is 15.6 Å². The number of pyridine rings is 1. The molecule has 1 aromatic heterocycles. The highest BCUT2D eigenvalue weighted by Crippen LogP contribution is 2.32. The highest BCUT2D eigenvalue weighted by molar-refractivity contribution is 5.83. The maximum Gasteiger partial charge on any atom is 0.227 e. The van der Waals surface area contributed by atoms with E-state index in [1.54, 1.807) is 13.3 Å². The number of nitrogens with zero attached hydrogens (tertiary/aromatic N) is 1. The van der Waals surface area contributed by atoms with Crippen molar-refractivity contribution in [1.29, 1.82) is 0 Å². The van der Waals surface area contributed by atoms with Crippen molar-refractivity contribution in [3.05, 3.63) is 23.9 Å². The average Bonchev–Trinajstić information content (AvgIpc) is 2.54. The van der Waals surface area contributed by atoms with Crippen LogP contribution in [0.25, 0.3) is 0 Å². The summed E-state index contributed by atoms with van der Waals surface area (Å²) < 4.78 is 5.10. The van der Waals surface area contributed by atoms with Crippen molar-refractivity contribution in [3.63, 3.8) is 0 Å². The van der Waals surface area contributed by atoms with Gasteiger partial charge < -0.3 is 15.4 Å². The van der Waals surface area contributed by atoms with Gasteiger partial charge in [0.2, 0.25) is 11.8 Å². The van der Waals surface area contributed by atoms with E-state index < -0.39 is 0 Å². The highest BCUT2D eigenvalue weighted by Gasteiger charge is 2.38. The summed E-state index contributed by atoms with van der Waals surface area (Å²) in [6.45, 7) is 4.45. The third-order valence-corrected chi connectivity index (χ3v) is 4.14. The van der Waals surface area contributed by atoms with Gasteiger partial charge in [0.05, 0.1) is 12.5 Å². The number of rotatable bonds is 6. The number of ether oxygens (including phenoxy) is 1. The lowest BCUT2D eigenvalue weighted by atomic mass is 9.76. The maximum absolute atomic E-state index is 12.6. The zero-order valence-electron chi connectivity index (χ0n) is 12.9. The fourth-order valence-corrected chi connectivity index (χ4v) is 3.01. The number of amides is 1. The van der Waals surface area contributed by atoms with E-state index in [0.717, 1.165) is 44.3 Å². The molecule has 1 aromatic rings. The van der Waals surface area contributed by atoms with E-state index in [4.69, 9.17) is 4.74 Å². The van der Waals surface area contributed by atoms with E-state index in [1.165, 1.54) is 0 Å². The third-order valence-electron chi connectivity index (χ3n) is 4.14. The number of hydrogen-bond acceptors (Lipinski definition) is 4. The van der Waals surface area contributed by atoms with Crippen LogP contribution in [0.3, 0.4) is 0 Å². The molecule has 0 radical (unpaired) electrons. The Labute approximate surface area is 126 Å². The molecule has 1 aliphatic rings. The quantitative estimate of drug-likeness (QED) is 0.840. The van der Waals surface area contributed by atoms with Crippen LogP contribution in [-0.2, 0) is 11.3 Å². The Balaban J connectivity index is 1.98. The summed E-state index contributed by atoms with van der Waals surface area (Å²) in [4.78, 5) is 16.7. The Morgan fingerprint density at radius 1 is 1.57 bits per heavy atom. The highest BCUT2D eigenvalue weighted by atomic mass is 16.5. The Bertz CT molecular complexity index is 465. The SMILES string of the molecule is CCCC1(C(=O)NCc2ccnc(OC)c2)CCCNC1. The smallest absolute Gasteiger partial charge is 0.227 e. The number of nitrogens with one attached hydrogen (secondary N) is 2. The van der Waals surface area contributed by atoms with Gasteiger partial charge in [0.15, 0.2) is 0 Å². The van der Waals surface area contributed by atoms with Crippen LogP contribution >= 0.6 is 0 Å². The van der Waals surface area contributed by atoms with Crippen LogP contribution in [0.5, 0.6) is 5.88 Å². The van der Waals surface area contributed by atoms with Gasteiger partial charge in [0.1, 0.15) is 0 Å². The summed E-state index contributed by atoms with van der Waals surface area (Å²) in [6.07, 6.45) is 5.70. The second kappa shape index (κ2) is 7.41. The molecule has 1 atom stereocenters. The van der Waals surface area contributed by atoms with Gasteiger partial charge in [-0.3, -0.25) is 4.79 Å². The fraction of sp³-hybridized carbons (Fsp3) is 0.625. The molecule has 0 aromatic carbocycles. The number of carbonyl (C=O) groups excluding carboxylic acids is 1. The van der Waals surface area contributed by atoms with E-state index in [1.807, 2.05) is 12.1 Å². The van der Waals surface area contributed by atoms with Crippen LogP contribution in [0, 0.1) is 5.41 Å². The van der Waals surface area contributed by atoms with Crippen LogP contribution in [0.1, 0.15) is 38.2 Å².